The molecular weight excluding hydrogens is 338 g/mol. The van der Waals surface area contributed by atoms with E-state index in [1.165, 1.54) is 6.26 Å². The van der Waals surface area contributed by atoms with Crippen LogP contribution in [0.5, 0.6) is 0 Å². The molecule has 8 heteroatoms. The molecule has 1 atom stereocenters. The number of rotatable bonds is 7. The number of nitrogens with one attached hydrogen (secondary N) is 2. The molecule has 0 aromatic carbocycles. The first-order valence-corrected chi connectivity index (χ1v) is 10.5. The van der Waals surface area contributed by atoms with Crippen molar-refractivity contribution in [2.45, 2.75) is 39.8 Å². The van der Waals surface area contributed by atoms with Crippen molar-refractivity contribution < 1.29 is 8.42 Å². The Kier molecular flexibility index (Phi) is 6.41. The van der Waals surface area contributed by atoms with Gasteiger partial charge in [-0.1, -0.05) is 6.07 Å². The third-order valence-electron chi connectivity index (χ3n) is 3.79. The molecule has 2 rings (SSSR count). The van der Waals surface area contributed by atoms with Crippen molar-refractivity contribution in [1.29, 1.82) is 0 Å². The summed E-state index contributed by atoms with van der Waals surface area (Å²) in [7, 11) is -2.95. The summed E-state index contributed by atoms with van der Waals surface area (Å²) in [4.78, 5) is 9.14. The third-order valence-corrected chi connectivity index (χ3v) is 4.77. The Morgan fingerprint density at radius 3 is 2.80 bits per heavy atom. The van der Waals surface area contributed by atoms with Gasteiger partial charge in [0, 0.05) is 30.7 Å². The number of aryl methyl sites for hydroxylation is 1. The number of hydrogen-bond donors (Lipinski definition) is 2. The SMILES string of the molecule is CCNC(=NCc1cn2c(C)cccc2n1)NC(C)CCS(C)(=O)=O. The number of sulfone groups is 1. The van der Waals surface area contributed by atoms with Crippen molar-refractivity contribution in [3.8, 4) is 0 Å². The van der Waals surface area contributed by atoms with Gasteiger partial charge in [0.15, 0.2) is 5.96 Å². The highest BCUT2D eigenvalue weighted by Crippen LogP contribution is 2.09. The summed E-state index contributed by atoms with van der Waals surface area (Å²) >= 11 is 0. The second-order valence-electron chi connectivity index (χ2n) is 6.29. The molecule has 0 bridgehead atoms. The van der Waals surface area contributed by atoms with Crippen LogP contribution in [0.4, 0.5) is 0 Å². The highest BCUT2D eigenvalue weighted by molar-refractivity contribution is 7.90. The molecular formula is C17H27N5O2S. The maximum Gasteiger partial charge on any atom is 0.191 e. The summed E-state index contributed by atoms with van der Waals surface area (Å²) in [6, 6.07) is 6.00. The Bertz CT molecular complexity index is 842. The van der Waals surface area contributed by atoms with E-state index in [-0.39, 0.29) is 11.8 Å². The molecule has 0 saturated heterocycles. The first-order chi connectivity index (χ1) is 11.8. The Balaban J connectivity index is 2.03. The van der Waals surface area contributed by atoms with Crippen molar-refractivity contribution in [2.24, 2.45) is 4.99 Å². The molecule has 2 aromatic rings. The standard InChI is InChI=1S/C17H27N5O2S/c1-5-18-17(20-13(2)9-10-25(4,23)24)19-11-15-12-22-14(3)7-6-8-16(22)21-15/h6-8,12-13H,5,9-11H2,1-4H3,(H2,18,19,20). The molecule has 2 heterocycles. The van der Waals surface area contributed by atoms with Crippen molar-refractivity contribution in [3.05, 3.63) is 35.8 Å². The minimum absolute atomic E-state index is 0.0100. The second-order valence-corrected chi connectivity index (χ2v) is 8.55. The Hall–Kier alpha value is -2.09. The number of hydrogen-bond acceptors (Lipinski definition) is 4. The molecule has 25 heavy (non-hydrogen) atoms. The summed E-state index contributed by atoms with van der Waals surface area (Å²) in [5.74, 6) is 0.823. The molecule has 0 fully saturated rings. The van der Waals surface area contributed by atoms with Gasteiger partial charge in [-0.15, -0.1) is 0 Å². The molecule has 138 valence electrons. The maximum absolute atomic E-state index is 11.3. The van der Waals surface area contributed by atoms with Gasteiger partial charge in [-0.3, -0.25) is 0 Å². The zero-order valence-electron chi connectivity index (χ0n) is 15.3. The minimum atomic E-state index is -2.95. The van der Waals surface area contributed by atoms with E-state index in [0.29, 0.717) is 18.9 Å². The van der Waals surface area contributed by atoms with Gasteiger partial charge in [0.1, 0.15) is 15.5 Å². The highest BCUT2D eigenvalue weighted by Gasteiger charge is 2.10. The Morgan fingerprint density at radius 2 is 2.16 bits per heavy atom. The predicted octanol–water partition coefficient (Wildman–Crippen LogP) is 1.52. The third kappa shape index (κ3) is 6.04. The van der Waals surface area contributed by atoms with Crippen LogP contribution in [0.3, 0.4) is 0 Å². The average molecular weight is 366 g/mol. The number of aromatic nitrogens is 2. The zero-order chi connectivity index (χ0) is 18.4. The maximum atomic E-state index is 11.3. The Labute approximate surface area is 149 Å². The van der Waals surface area contributed by atoms with Gasteiger partial charge in [0.25, 0.3) is 0 Å². The van der Waals surface area contributed by atoms with E-state index in [1.807, 2.05) is 49.6 Å². The fourth-order valence-electron chi connectivity index (χ4n) is 2.45. The quantitative estimate of drug-likeness (QED) is 0.574. The van der Waals surface area contributed by atoms with Crippen molar-refractivity contribution in [1.82, 2.24) is 20.0 Å². The fraction of sp³-hybridized carbons (Fsp3) is 0.529. The zero-order valence-corrected chi connectivity index (χ0v) is 16.1. The number of aliphatic imine (C=N–C) groups is 1. The van der Waals surface area contributed by atoms with Crippen LogP contribution in [-0.2, 0) is 16.4 Å². The van der Waals surface area contributed by atoms with E-state index in [9.17, 15) is 8.42 Å². The van der Waals surface area contributed by atoms with Crippen LogP contribution in [0.1, 0.15) is 31.7 Å². The summed E-state index contributed by atoms with van der Waals surface area (Å²) in [5.41, 5.74) is 2.92. The first-order valence-electron chi connectivity index (χ1n) is 8.44. The van der Waals surface area contributed by atoms with Gasteiger partial charge in [0.05, 0.1) is 18.0 Å². The van der Waals surface area contributed by atoms with Crippen LogP contribution in [0.2, 0.25) is 0 Å². The normalized spacial score (nSPS) is 13.8. The predicted molar refractivity (Wildman–Crippen MR) is 102 cm³/mol. The van der Waals surface area contributed by atoms with Gasteiger partial charge in [-0.05, 0) is 39.3 Å². The van der Waals surface area contributed by atoms with Gasteiger partial charge in [0.2, 0.25) is 0 Å². The second kappa shape index (κ2) is 8.33. The van der Waals surface area contributed by atoms with Crippen LogP contribution in [0, 0.1) is 6.92 Å². The number of imidazole rings is 1. The lowest BCUT2D eigenvalue weighted by atomic mass is 10.3. The van der Waals surface area contributed by atoms with E-state index in [1.54, 1.807) is 0 Å². The largest absolute Gasteiger partial charge is 0.357 e. The van der Waals surface area contributed by atoms with Crippen LogP contribution < -0.4 is 10.6 Å². The van der Waals surface area contributed by atoms with E-state index in [2.05, 4.69) is 20.6 Å². The van der Waals surface area contributed by atoms with Crippen LogP contribution in [-0.4, -0.2) is 48.4 Å². The van der Waals surface area contributed by atoms with E-state index in [0.717, 1.165) is 23.6 Å². The molecule has 0 aliphatic heterocycles. The first kappa shape index (κ1) is 19.2. The van der Waals surface area contributed by atoms with Crippen molar-refractivity contribution in [3.63, 3.8) is 0 Å². The highest BCUT2D eigenvalue weighted by atomic mass is 32.2. The molecule has 7 nitrogen and oxygen atoms in total. The fourth-order valence-corrected chi connectivity index (χ4v) is 3.23. The average Bonchev–Trinajstić information content (AvgIpc) is 2.95. The summed E-state index contributed by atoms with van der Waals surface area (Å²) in [6.45, 7) is 7.17. The van der Waals surface area contributed by atoms with E-state index in [4.69, 9.17) is 0 Å². The monoisotopic (exact) mass is 365 g/mol. The van der Waals surface area contributed by atoms with E-state index < -0.39 is 9.84 Å². The summed E-state index contributed by atoms with van der Waals surface area (Å²) < 4.78 is 24.6. The van der Waals surface area contributed by atoms with E-state index >= 15 is 0 Å². The van der Waals surface area contributed by atoms with Gasteiger partial charge >= 0.3 is 0 Å². The lowest BCUT2D eigenvalue weighted by Crippen LogP contribution is -2.42. The Morgan fingerprint density at radius 1 is 1.40 bits per heavy atom. The molecule has 0 aliphatic rings. The number of pyridine rings is 1. The number of guanidine groups is 1. The molecule has 2 aromatic heterocycles. The van der Waals surface area contributed by atoms with Crippen molar-refractivity contribution in [2.75, 3.05) is 18.6 Å². The molecule has 1 unspecified atom stereocenters. The summed E-state index contributed by atoms with van der Waals surface area (Å²) in [5, 5.41) is 6.43. The minimum Gasteiger partial charge on any atom is -0.357 e. The molecule has 0 amide bonds. The van der Waals surface area contributed by atoms with Crippen LogP contribution in [0.25, 0.3) is 5.65 Å². The van der Waals surface area contributed by atoms with Gasteiger partial charge in [-0.25, -0.2) is 18.4 Å². The smallest absolute Gasteiger partial charge is 0.191 e. The van der Waals surface area contributed by atoms with Gasteiger partial charge in [-0.2, -0.15) is 0 Å². The summed E-state index contributed by atoms with van der Waals surface area (Å²) in [6.07, 6.45) is 3.78. The van der Waals surface area contributed by atoms with Gasteiger partial charge < -0.3 is 15.0 Å². The van der Waals surface area contributed by atoms with Crippen LogP contribution in [0.15, 0.2) is 29.4 Å². The molecule has 0 radical (unpaired) electrons. The van der Waals surface area contributed by atoms with Crippen molar-refractivity contribution >= 4 is 21.4 Å². The lowest BCUT2D eigenvalue weighted by Gasteiger charge is -2.17. The molecule has 0 spiro atoms. The van der Waals surface area contributed by atoms with Crippen LogP contribution >= 0.6 is 0 Å². The topological polar surface area (TPSA) is 87.9 Å². The molecule has 2 N–H and O–H groups in total. The number of nitrogens with zero attached hydrogens (tertiary/aromatic N) is 3. The lowest BCUT2D eigenvalue weighted by molar-refractivity contribution is 0.581. The molecule has 0 saturated carbocycles. The molecule has 0 aliphatic carbocycles. The number of fused-ring (bicyclic) bond motifs is 1.